The molecule has 2 saturated carbocycles. The molecule has 1 aromatic heterocycles. The van der Waals surface area contributed by atoms with Crippen LogP contribution in [0.3, 0.4) is 0 Å². The molecule has 0 aliphatic heterocycles. The molecule has 4 rings (SSSR count). The van der Waals surface area contributed by atoms with Crippen LogP contribution < -0.4 is 4.74 Å². The second-order valence-corrected chi connectivity index (χ2v) is 9.61. The highest BCUT2D eigenvalue weighted by Gasteiger charge is 2.66. The van der Waals surface area contributed by atoms with Gasteiger partial charge in [-0.25, -0.2) is 9.97 Å². The summed E-state index contributed by atoms with van der Waals surface area (Å²) in [4.78, 5) is 22.4. The molecule has 0 spiro atoms. The number of methoxy groups -OCH3 is 1. The number of carbonyl (C=O) groups is 1. The van der Waals surface area contributed by atoms with Gasteiger partial charge in [-0.3, -0.25) is 4.79 Å². The molecule has 2 aromatic rings. The Bertz CT molecular complexity index is 894. The number of aromatic nitrogens is 2. The van der Waals surface area contributed by atoms with Crippen molar-refractivity contribution >= 4 is 17.5 Å². The van der Waals surface area contributed by atoms with Gasteiger partial charge in [-0.1, -0.05) is 32.5 Å². The first kappa shape index (κ1) is 18.5. The highest BCUT2D eigenvalue weighted by Crippen LogP contribution is 2.67. The van der Waals surface area contributed by atoms with Crippen molar-refractivity contribution in [3.63, 3.8) is 0 Å². The predicted molar refractivity (Wildman–Crippen MR) is 108 cm³/mol. The van der Waals surface area contributed by atoms with Gasteiger partial charge in [0.05, 0.1) is 18.1 Å². The van der Waals surface area contributed by atoms with Gasteiger partial charge in [-0.2, -0.15) is 0 Å². The number of ether oxygens (including phenoxy) is 1. The van der Waals surface area contributed by atoms with Gasteiger partial charge in [-0.15, -0.1) is 0 Å². The van der Waals surface area contributed by atoms with E-state index < -0.39 is 0 Å². The summed E-state index contributed by atoms with van der Waals surface area (Å²) in [5, 5.41) is 0.639. The van der Waals surface area contributed by atoms with Crippen LogP contribution in [-0.4, -0.2) is 28.1 Å². The third-order valence-corrected chi connectivity index (χ3v) is 8.30. The normalized spacial score (nSPS) is 28.6. The molecule has 27 heavy (non-hydrogen) atoms. The Hall–Kier alpha value is -1.88. The average molecular weight is 383 g/mol. The summed E-state index contributed by atoms with van der Waals surface area (Å²) in [6, 6.07) is 9.86. The number of hydrogen-bond acceptors (Lipinski definition) is 5. The first-order valence-corrected chi connectivity index (χ1v) is 10.3. The quantitative estimate of drug-likeness (QED) is 0.701. The number of rotatable bonds is 4. The lowest BCUT2D eigenvalue weighted by Gasteiger charge is -2.37. The van der Waals surface area contributed by atoms with Crippen molar-refractivity contribution in [2.24, 2.45) is 16.7 Å². The van der Waals surface area contributed by atoms with Crippen molar-refractivity contribution in [1.29, 1.82) is 0 Å². The fourth-order valence-corrected chi connectivity index (χ4v) is 6.31. The summed E-state index contributed by atoms with van der Waals surface area (Å²) in [5.74, 6) is 1.38. The standard InChI is InChI=1S/C22H26N2O2S/c1-13-12-17(14-6-8-15(26-5)9-7-14)24-20(23-13)27-19-18(25)16-10-11-22(19,4)21(16,2)3/h6-9,12,16,19H,10-11H2,1-5H3/t16-,19-,22-/m1/s1. The maximum absolute atomic E-state index is 13.0. The Morgan fingerprint density at radius 3 is 2.44 bits per heavy atom. The number of ketones is 1. The minimum absolute atomic E-state index is 0.00675. The third kappa shape index (κ3) is 2.78. The number of fused-ring (bicyclic) bond motifs is 2. The molecule has 5 heteroatoms. The molecule has 142 valence electrons. The van der Waals surface area contributed by atoms with Crippen molar-refractivity contribution in [3.8, 4) is 17.0 Å². The number of nitrogens with zero attached hydrogens (tertiary/aromatic N) is 2. The lowest BCUT2D eigenvalue weighted by atomic mass is 9.71. The molecule has 0 saturated heterocycles. The molecule has 1 aromatic carbocycles. The fourth-order valence-electron chi connectivity index (χ4n) is 4.79. The summed E-state index contributed by atoms with van der Waals surface area (Å²) in [6.45, 7) is 8.76. The Kier molecular flexibility index (Phi) is 4.34. The monoisotopic (exact) mass is 382 g/mol. The predicted octanol–water partition coefficient (Wildman–Crippen LogP) is 4.95. The first-order chi connectivity index (χ1) is 12.8. The van der Waals surface area contributed by atoms with Crippen molar-refractivity contribution in [2.75, 3.05) is 7.11 Å². The summed E-state index contributed by atoms with van der Waals surface area (Å²) >= 11 is 1.56. The average Bonchev–Trinajstić information content (AvgIpc) is 2.95. The van der Waals surface area contributed by atoms with E-state index in [0.29, 0.717) is 10.9 Å². The van der Waals surface area contributed by atoms with E-state index in [1.54, 1.807) is 18.9 Å². The van der Waals surface area contributed by atoms with E-state index in [-0.39, 0.29) is 22.0 Å². The van der Waals surface area contributed by atoms with Gasteiger partial charge >= 0.3 is 0 Å². The van der Waals surface area contributed by atoms with Gasteiger partial charge in [0.1, 0.15) is 11.5 Å². The topological polar surface area (TPSA) is 52.1 Å². The van der Waals surface area contributed by atoms with Gasteiger partial charge < -0.3 is 4.74 Å². The third-order valence-electron chi connectivity index (χ3n) is 6.92. The van der Waals surface area contributed by atoms with Crippen LogP contribution in [0.25, 0.3) is 11.3 Å². The molecule has 4 nitrogen and oxygen atoms in total. The van der Waals surface area contributed by atoms with Crippen LogP contribution in [0.4, 0.5) is 0 Å². The van der Waals surface area contributed by atoms with E-state index in [0.717, 1.165) is 35.5 Å². The Labute approximate surface area is 165 Å². The van der Waals surface area contributed by atoms with E-state index in [4.69, 9.17) is 9.72 Å². The fraction of sp³-hybridized carbons (Fsp3) is 0.500. The molecule has 0 radical (unpaired) electrons. The van der Waals surface area contributed by atoms with Gasteiger partial charge in [-0.05, 0) is 60.9 Å². The SMILES string of the molecule is COc1ccc(-c2cc(C)nc(S[C@@H]3C(=O)[C@H]4CC[C@@]3(C)C4(C)C)n2)cc1. The Morgan fingerprint density at radius 1 is 1.15 bits per heavy atom. The second-order valence-electron chi connectivity index (χ2n) is 8.54. The molecule has 0 N–H and O–H groups in total. The molecule has 0 unspecified atom stereocenters. The van der Waals surface area contributed by atoms with E-state index >= 15 is 0 Å². The van der Waals surface area contributed by atoms with Crippen LogP contribution in [0.15, 0.2) is 35.5 Å². The van der Waals surface area contributed by atoms with E-state index in [2.05, 4.69) is 25.8 Å². The van der Waals surface area contributed by atoms with Gasteiger partial charge in [0, 0.05) is 17.2 Å². The molecular formula is C22H26N2O2S. The number of aryl methyl sites for hydroxylation is 1. The van der Waals surface area contributed by atoms with E-state index in [9.17, 15) is 4.79 Å². The first-order valence-electron chi connectivity index (χ1n) is 9.47. The maximum atomic E-state index is 13.0. The molecule has 2 aliphatic rings. The minimum atomic E-state index is -0.0585. The number of thioether (sulfide) groups is 1. The largest absolute Gasteiger partial charge is 0.497 e. The van der Waals surface area contributed by atoms with Crippen LogP contribution in [-0.2, 0) is 4.79 Å². The number of hydrogen-bond donors (Lipinski definition) is 0. The van der Waals surface area contributed by atoms with E-state index in [1.807, 2.05) is 37.3 Å². The molecule has 0 amide bonds. The smallest absolute Gasteiger partial charge is 0.189 e. The number of Topliss-reactive ketones (excluding diaryl/α,β-unsaturated/α-hetero) is 1. The highest BCUT2D eigenvalue weighted by molar-refractivity contribution is 8.00. The lowest BCUT2D eigenvalue weighted by molar-refractivity contribution is -0.122. The highest BCUT2D eigenvalue weighted by atomic mass is 32.2. The van der Waals surface area contributed by atoms with Crippen molar-refractivity contribution in [1.82, 2.24) is 9.97 Å². The summed E-state index contributed by atoms with van der Waals surface area (Å²) in [6.07, 6.45) is 2.12. The number of benzene rings is 1. The lowest BCUT2D eigenvalue weighted by Crippen LogP contribution is -2.35. The van der Waals surface area contributed by atoms with Crippen LogP contribution in [0.1, 0.15) is 39.3 Å². The van der Waals surface area contributed by atoms with Crippen LogP contribution in [0, 0.1) is 23.7 Å². The molecule has 1 heterocycles. The van der Waals surface area contributed by atoms with Gasteiger partial charge in [0.2, 0.25) is 0 Å². The van der Waals surface area contributed by atoms with Gasteiger partial charge in [0.15, 0.2) is 5.16 Å². The van der Waals surface area contributed by atoms with E-state index in [1.165, 1.54) is 0 Å². The van der Waals surface area contributed by atoms with Crippen molar-refractivity contribution < 1.29 is 9.53 Å². The summed E-state index contributed by atoms with van der Waals surface area (Å²) < 4.78 is 5.24. The van der Waals surface area contributed by atoms with Crippen LogP contribution >= 0.6 is 11.8 Å². The summed E-state index contributed by atoms with van der Waals surface area (Å²) in [7, 11) is 1.66. The molecule has 2 bridgehead atoms. The zero-order valence-corrected chi connectivity index (χ0v) is 17.4. The molecule has 2 aliphatic carbocycles. The van der Waals surface area contributed by atoms with Gasteiger partial charge in [0.25, 0.3) is 0 Å². The van der Waals surface area contributed by atoms with Crippen LogP contribution in [0.2, 0.25) is 0 Å². The minimum Gasteiger partial charge on any atom is -0.497 e. The van der Waals surface area contributed by atoms with Crippen molar-refractivity contribution in [3.05, 3.63) is 36.0 Å². The maximum Gasteiger partial charge on any atom is 0.189 e. The second kappa shape index (κ2) is 6.33. The Balaban J connectivity index is 1.65. The summed E-state index contributed by atoms with van der Waals surface area (Å²) in [5.41, 5.74) is 2.87. The van der Waals surface area contributed by atoms with Crippen molar-refractivity contribution in [2.45, 2.75) is 50.9 Å². The molecule has 3 atom stereocenters. The molecule has 2 fully saturated rings. The zero-order valence-electron chi connectivity index (χ0n) is 16.6. The van der Waals surface area contributed by atoms with Crippen LogP contribution in [0.5, 0.6) is 5.75 Å². The molecular weight excluding hydrogens is 356 g/mol. The number of carbonyl (C=O) groups excluding carboxylic acids is 1. The zero-order chi connectivity index (χ0) is 19.4. The Morgan fingerprint density at radius 2 is 1.85 bits per heavy atom.